The van der Waals surface area contributed by atoms with Gasteiger partial charge in [0.2, 0.25) is 5.95 Å². The summed E-state index contributed by atoms with van der Waals surface area (Å²) in [6.07, 6.45) is 4.52. The molecule has 2 aromatic rings. The van der Waals surface area contributed by atoms with Gasteiger partial charge in [-0.15, -0.1) is 0 Å². The summed E-state index contributed by atoms with van der Waals surface area (Å²) in [4.78, 5) is 11.9. The number of hydrogen-bond donors (Lipinski definition) is 1. The van der Waals surface area contributed by atoms with E-state index in [2.05, 4.69) is 10.2 Å². The third-order valence-corrected chi connectivity index (χ3v) is 5.08. The van der Waals surface area contributed by atoms with Gasteiger partial charge in [-0.1, -0.05) is 0 Å². The number of rotatable bonds is 5. The summed E-state index contributed by atoms with van der Waals surface area (Å²) in [7, 11) is 3.29. The second-order valence-electron chi connectivity index (χ2n) is 6.85. The van der Waals surface area contributed by atoms with Gasteiger partial charge in [-0.2, -0.15) is 4.98 Å². The maximum Gasteiger partial charge on any atom is 0.227 e. The fourth-order valence-electron chi connectivity index (χ4n) is 3.66. The Morgan fingerprint density at radius 3 is 2.54 bits per heavy atom. The Balaban J connectivity index is 1.78. The molecule has 0 radical (unpaired) electrons. The van der Waals surface area contributed by atoms with Gasteiger partial charge in [0.1, 0.15) is 5.82 Å². The molecule has 1 atom stereocenters. The fraction of sp³-hybridized carbons (Fsp3) is 0.579. The summed E-state index contributed by atoms with van der Waals surface area (Å²) in [5, 5.41) is 4.52. The number of fused-ring (bicyclic) bond motifs is 1. The Kier molecular flexibility index (Phi) is 4.97. The van der Waals surface area contributed by atoms with Crippen molar-refractivity contribution in [2.24, 2.45) is 0 Å². The highest BCUT2D eigenvalue weighted by Gasteiger charge is 2.21. The fourth-order valence-corrected chi connectivity index (χ4v) is 3.66. The standard InChI is InChI=1S/C19H26N4O3/c1-24-16-10-14-15(11-17(16)25-2)21-19(23-7-3-4-8-23)22-18(14)20-13-6-5-9-26-12-13/h10-11,13H,3-9,12H2,1-2H3,(H,20,21,22). The molecule has 2 aliphatic heterocycles. The SMILES string of the molecule is COc1cc2nc(N3CCCC3)nc(NC3CCCOC3)c2cc1OC. The van der Waals surface area contributed by atoms with Crippen LogP contribution >= 0.6 is 0 Å². The molecule has 7 heteroatoms. The lowest BCUT2D eigenvalue weighted by Gasteiger charge is -2.25. The number of benzene rings is 1. The van der Waals surface area contributed by atoms with Crippen LogP contribution in [-0.4, -0.2) is 56.5 Å². The van der Waals surface area contributed by atoms with Crippen molar-refractivity contribution in [1.82, 2.24) is 9.97 Å². The molecule has 0 bridgehead atoms. The largest absolute Gasteiger partial charge is 0.493 e. The monoisotopic (exact) mass is 358 g/mol. The molecule has 0 spiro atoms. The van der Waals surface area contributed by atoms with Gasteiger partial charge in [0, 0.05) is 31.1 Å². The molecule has 4 rings (SSSR count). The lowest BCUT2D eigenvalue weighted by Crippen LogP contribution is -2.31. The first kappa shape index (κ1) is 17.1. The molecule has 1 aromatic carbocycles. The van der Waals surface area contributed by atoms with Crippen LogP contribution in [0.5, 0.6) is 11.5 Å². The van der Waals surface area contributed by atoms with Gasteiger partial charge in [-0.05, 0) is 31.7 Å². The molecule has 0 amide bonds. The van der Waals surface area contributed by atoms with Crippen LogP contribution in [0.1, 0.15) is 25.7 Å². The smallest absolute Gasteiger partial charge is 0.227 e. The number of nitrogens with one attached hydrogen (secondary N) is 1. The van der Waals surface area contributed by atoms with Crippen LogP contribution in [0, 0.1) is 0 Å². The lowest BCUT2D eigenvalue weighted by atomic mass is 10.1. The number of anilines is 2. The van der Waals surface area contributed by atoms with Gasteiger partial charge in [-0.25, -0.2) is 4.98 Å². The third kappa shape index (κ3) is 3.35. The Hall–Kier alpha value is -2.28. The molecule has 1 unspecified atom stereocenters. The molecule has 140 valence electrons. The molecule has 0 aliphatic carbocycles. The Morgan fingerprint density at radius 1 is 1.08 bits per heavy atom. The van der Waals surface area contributed by atoms with E-state index in [0.717, 1.165) is 55.2 Å². The van der Waals surface area contributed by atoms with Crippen LogP contribution in [0.2, 0.25) is 0 Å². The van der Waals surface area contributed by atoms with Crippen molar-refractivity contribution in [2.45, 2.75) is 31.7 Å². The van der Waals surface area contributed by atoms with Crippen molar-refractivity contribution in [1.29, 1.82) is 0 Å². The predicted molar refractivity (Wildman–Crippen MR) is 102 cm³/mol. The number of hydrogen-bond acceptors (Lipinski definition) is 7. The first-order valence-corrected chi connectivity index (χ1v) is 9.31. The van der Waals surface area contributed by atoms with Crippen LogP contribution in [0.25, 0.3) is 10.9 Å². The molecule has 1 N–H and O–H groups in total. The van der Waals surface area contributed by atoms with Crippen LogP contribution < -0.4 is 19.7 Å². The number of methoxy groups -OCH3 is 2. The highest BCUT2D eigenvalue weighted by atomic mass is 16.5. The first-order chi connectivity index (χ1) is 12.8. The molecule has 1 aromatic heterocycles. The van der Waals surface area contributed by atoms with E-state index in [0.29, 0.717) is 18.1 Å². The van der Waals surface area contributed by atoms with E-state index >= 15 is 0 Å². The zero-order valence-corrected chi connectivity index (χ0v) is 15.5. The molecule has 7 nitrogen and oxygen atoms in total. The predicted octanol–water partition coefficient (Wildman–Crippen LogP) is 2.84. The van der Waals surface area contributed by atoms with E-state index < -0.39 is 0 Å². The summed E-state index contributed by atoms with van der Waals surface area (Å²) >= 11 is 0. The summed E-state index contributed by atoms with van der Waals surface area (Å²) in [6.45, 7) is 3.56. The number of ether oxygens (including phenoxy) is 3. The summed E-state index contributed by atoms with van der Waals surface area (Å²) in [6, 6.07) is 4.15. The minimum atomic E-state index is 0.265. The molecule has 2 fully saturated rings. The third-order valence-electron chi connectivity index (χ3n) is 5.08. The van der Waals surface area contributed by atoms with Crippen molar-refractivity contribution in [2.75, 3.05) is 50.7 Å². The number of aromatic nitrogens is 2. The summed E-state index contributed by atoms with van der Waals surface area (Å²) in [5.74, 6) is 2.98. The van der Waals surface area contributed by atoms with Crippen molar-refractivity contribution in [3.05, 3.63) is 12.1 Å². The Labute approximate surface area is 153 Å². The van der Waals surface area contributed by atoms with Crippen molar-refractivity contribution >= 4 is 22.7 Å². The van der Waals surface area contributed by atoms with Crippen LogP contribution in [0.4, 0.5) is 11.8 Å². The van der Waals surface area contributed by atoms with E-state index in [-0.39, 0.29) is 6.04 Å². The minimum Gasteiger partial charge on any atom is -0.493 e. The first-order valence-electron chi connectivity index (χ1n) is 9.31. The maximum atomic E-state index is 5.62. The molecule has 26 heavy (non-hydrogen) atoms. The van der Waals surface area contributed by atoms with Gasteiger partial charge in [0.05, 0.1) is 32.4 Å². The zero-order chi connectivity index (χ0) is 17.9. The van der Waals surface area contributed by atoms with Gasteiger partial charge < -0.3 is 24.4 Å². The van der Waals surface area contributed by atoms with Crippen molar-refractivity contribution < 1.29 is 14.2 Å². The Bertz CT molecular complexity index is 771. The normalized spacial score (nSPS) is 20.4. The highest BCUT2D eigenvalue weighted by Crippen LogP contribution is 2.35. The van der Waals surface area contributed by atoms with Crippen LogP contribution in [-0.2, 0) is 4.74 Å². The average Bonchev–Trinajstić information content (AvgIpc) is 3.22. The molecular weight excluding hydrogens is 332 g/mol. The van der Waals surface area contributed by atoms with Crippen LogP contribution in [0.3, 0.4) is 0 Å². The van der Waals surface area contributed by atoms with Crippen LogP contribution in [0.15, 0.2) is 12.1 Å². The van der Waals surface area contributed by atoms with Crippen molar-refractivity contribution in [3.8, 4) is 11.5 Å². The van der Waals surface area contributed by atoms with Crippen molar-refractivity contribution in [3.63, 3.8) is 0 Å². The molecular formula is C19H26N4O3. The zero-order valence-electron chi connectivity index (χ0n) is 15.5. The second-order valence-corrected chi connectivity index (χ2v) is 6.85. The average molecular weight is 358 g/mol. The minimum absolute atomic E-state index is 0.265. The summed E-state index contributed by atoms with van der Waals surface area (Å²) in [5.41, 5.74) is 0.860. The van der Waals surface area contributed by atoms with E-state index in [9.17, 15) is 0 Å². The topological polar surface area (TPSA) is 68.7 Å². The van der Waals surface area contributed by atoms with E-state index in [4.69, 9.17) is 24.2 Å². The lowest BCUT2D eigenvalue weighted by molar-refractivity contribution is 0.0875. The summed E-state index contributed by atoms with van der Waals surface area (Å²) < 4.78 is 16.6. The molecule has 0 saturated carbocycles. The van der Waals surface area contributed by atoms with E-state index in [1.165, 1.54) is 12.8 Å². The van der Waals surface area contributed by atoms with Gasteiger partial charge in [0.15, 0.2) is 11.5 Å². The van der Waals surface area contributed by atoms with E-state index in [1.54, 1.807) is 14.2 Å². The molecule has 2 aliphatic rings. The molecule has 3 heterocycles. The quantitative estimate of drug-likeness (QED) is 0.881. The maximum absolute atomic E-state index is 5.62. The van der Waals surface area contributed by atoms with E-state index in [1.807, 2.05) is 12.1 Å². The number of nitrogens with zero attached hydrogens (tertiary/aromatic N) is 3. The molecule has 2 saturated heterocycles. The highest BCUT2D eigenvalue weighted by molar-refractivity contribution is 5.93. The Morgan fingerprint density at radius 2 is 1.85 bits per heavy atom. The van der Waals surface area contributed by atoms with Gasteiger partial charge in [0.25, 0.3) is 0 Å². The van der Waals surface area contributed by atoms with Gasteiger partial charge in [-0.3, -0.25) is 0 Å². The van der Waals surface area contributed by atoms with Gasteiger partial charge >= 0.3 is 0 Å². The second kappa shape index (κ2) is 7.53.